The van der Waals surface area contributed by atoms with Gasteiger partial charge in [0.15, 0.2) is 5.71 Å². The number of pyridine rings is 1. The summed E-state index contributed by atoms with van der Waals surface area (Å²) in [6.07, 6.45) is 10.6. The number of rotatable bonds is 13. The molecule has 0 atom stereocenters. The summed E-state index contributed by atoms with van der Waals surface area (Å²) in [5.74, 6) is -0.963. The van der Waals surface area contributed by atoms with Crippen LogP contribution in [0, 0.1) is 5.41 Å². The third kappa shape index (κ3) is 7.49. The lowest BCUT2D eigenvalue weighted by molar-refractivity contribution is -0.684. The van der Waals surface area contributed by atoms with Gasteiger partial charge in [-0.05, 0) is 89.6 Å². The topological polar surface area (TPSA) is 150 Å². The number of unbranched alkanes of at least 4 members (excludes halogenated alkanes) is 2. The van der Waals surface area contributed by atoms with Gasteiger partial charge in [-0.2, -0.15) is 13.5 Å². The maximum absolute atomic E-state index is 12.1. The maximum Gasteiger partial charge on any atom is 0.333 e. The summed E-state index contributed by atoms with van der Waals surface area (Å²) >= 11 is 0. The first-order chi connectivity index (χ1) is 20.6. The fourth-order valence-electron chi connectivity index (χ4n) is 5.47. The smallest absolute Gasteiger partial charge is 0.330 e. The van der Waals surface area contributed by atoms with Crippen LogP contribution in [0.2, 0.25) is 0 Å². The van der Waals surface area contributed by atoms with Gasteiger partial charge in [0.2, 0.25) is 0 Å². The summed E-state index contributed by atoms with van der Waals surface area (Å²) in [6, 6.07) is 4.09. The highest BCUT2D eigenvalue weighted by atomic mass is 32.2. The average molecular weight is 629 g/mol. The number of aryl methyl sites for hydroxylation is 1. The van der Waals surface area contributed by atoms with Gasteiger partial charge in [-0.15, -0.1) is 5.06 Å². The van der Waals surface area contributed by atoms with Gasteiger partial charge in [0.05, 0.1) is 29.5 Å². The molecular formula is C31H42N5O7S+. The minimum absolute atomic E-state index is 0.0761. The predicted octanol–water partition coefficient (Wildman–Crippen LogP) is 3.94. The Balaban J connectivity index is 1.37. The Morgan fingerprint density at radius 3 is 2.48 bits per heavy atom. The first kappa shape index (κ1) is 33.2. The van der Waals surface area contributed by atoms with Gasteiger partial charge in [-0.1, -0.05) is 6.08 Å². The molecule has 4 heterocycles. The van der Waals surface area contributed by atoms with Crippen molar-refractivity contribution in [1.82, 2.24) is 10.1 Å². The van der Waals surface area contributed by atoms with E-state index in [1.54, 1.807) is 5.01 Å². The normalized spacial score (nSPS) is 20.1. The molecule has 12 nitrogen and oxygen atoms in total. The lowest BCUT2D eigenvalue weighted by Gasteiger charge is -2.25. The zero-order valence-corrected chi connectivity index (χ0v) is 26.9. The number of hydroxylamine groups is 2. The lowest BCUT2D eigenvalue weighted by atomic mass is 9.82. The number of imide groups is 1. The molecule has 0 spiro atoms. The van der Waals surface area contributed by atoms with E-state index in [0.29, 0.717) is 24.6 Å². The molecule has 238 valence electrons. The molecule has 1 N–H and O–H groups in total. The molecule has 2 amide bonds. The fourth-order valence-corrected chi connectivity index (χ4v) is 5.96. The second-order valence-corrected chi connectivity index (χ2v) is 14.0. The van der Waals surface area contributed by atoms with E-state index in [-0.39, 0.29) is 42.3 Å². The summed E-state index contributed by atoms with van der Waals surface area (Å²) in [6.45, 7) is 11.4. The van der Waals surface area contributed by atoms with E-state index in [2.05, 4.69) is 43.4 Å². The number of hydrogen-bond acceptors (Lipinski definition) is 9. The first-order valence-electron chi connectivity index (χ1n) is 15.0. The number of nitrogens with zero attached hydrogens (tertiary/aromatic N) is 5. The van der Waals surface area contributed by atoms with Gasteiger partial charge in [-0.3, -0.25) is 19.2 Å². The molecule has 0 bridgehead atoms. The zero-order valence-electron chi connectivity index (χ0n) is 26.1. The van der Waals surface area contributed by atoms with E-state index in [9.17, 15) is 22.8 Å². The van der Waals surface area contributed by atoms with Crippen LogP contribution in [0.4, 0.5) is 5.82 Å². The van der Waals surface area contributed by atoms with Crippen LogP contribution >= 0.6 is 0 Å². The van der Waals surface area contributed by atoms with Crippen LogP contribution in [-0.4, -0.2) is 64.5 Å². The summed E-state index contributed by atoms with van der Waals surface area (Å²) in [7, 11) is -4.03. The Morgan fingerprint density at radius 1 is 1.09 bits per heavy atom. The predicted molar refractivity (Wildman–Crippen MR) is 164 cm³/mol. The van der Waals surface area contributed by atoms with Crippen molar-refractivity contribution in [3.63, 3.8) is 0 Å². The van der Waals surface area contributed by atoms with Crippen molar-refractivity contribution in [3.05, 3.63) is 47.8 Å². The number of aromatic nitrogens is 1. The molecule has 1 aromatic heterocycles. The van der Waals surface area contributed by atoms with E-state index in [1.807, 2.05) is 37.4 Å². The van der Waals surface area contributed by atoms with Gasteiger partial charge >= 0.3 is 11.8 Å². The van der Waals surface area contributed by atoms with Crippen molar-refractivity contribution in [2.24, 2.45) is 15.5 Å². The molecule has 3 aliphatic rings. The van der Waals surface area contributed by atoms with Gasteiger partial charge in [-0.25, -0.2) is 9.36 Å². The van der Waals surface area contributed by atoms with E-state index in [1.165, 1.54) is 0 Å². The molecule has 1 aromatic rings. The lowest BCUT2D eigenvalue weighted by Crippen LogP contribution is -2.35. The van der Waals surface area contributed by atoms with Crippen LogP contribution in [0.15, 0.2) is 52.3 Å². The van der Waals surface area contributed by atoms with Crippen molar-refractivity contribution in [1.29, 1.82) is 0 Å². The summed E-state index contributed by atoms with van der Waals surface area (Å²) in [5.41, 5.74) is 3.22. The fraction of sp³-hybridized carbons (Fsp3) is 0.548. The number of hydrazone groups is 1. The highest BCUT2D eigenvalue weighted by Gasteiger charge is 2.42. The summed E-state index contributed by atoms with van der Waals surface area (Å²) < 4.78 is 33.6. The maximum atomic E-state index is 12.1. The van der Waals surface area contributed by atoms with Gasteiger partial charge in [0.1, 0.15) is 0 Å². The minimum atomic E-state index is -4.03. The van der Waals surface area contributed by atoms with Crippen LogP contribution in [0.5, 0.6) is 0 Å². The quantitative estimate of drug-likeness (QED) is 0.149. The number of allylic oxidation sites excluding steroid dienone is 4. The summed E-state index contributed by atoms with van der Waals surface area (Å²) in [4.78, 5) is 45.2. The standard InChI is InChI=1S/C31H41N5O7S/c1-22-30(2,3)25(35(33-22)20-11-21-44(40,41)42)14-9-13-24-31(4,5)23-12-10-19-34(29(23)32-24)18-8-6-7-15-28(39)43-36-26(37)16-17-27(36)38/h9-10,12-14,19H,6-8,11,15-18,20-21H2,1-5H3/p+1. The molecule has 0 radical (unpaired) electrons. The average Bonchev–Trinajstić information content (AvgIpc) is 3.47. The van der Waals surface area contributed by atoms with Crippen LogP contribution in [0.25, 0.3) is 0 Å². The molecule has 0 saturated carbocycles. The van der Waals surface area contributed by atoms with Gasteiger partial charge < -0.3 is 4.84 Å². The molecule has 4 rings (SSSR count). The van der Waals surface area contributed by atoms with Crippen molar-refractivity contribution >= 4 is 45.1 Å². The molecule has 0 aromatic carbocycles. The molecular weight excluding hydrogens is 586 g/mol. The minimum Gasteiger partial charge on any atom is -0.330 e. The van der Waals surface area contributed by atoms with E-state index in [0.717, 1.165) is 41.3 Å². The zero-order chi connectivity index (χ0) is 32.3. The molecule has 3 aliphatic heterocycles. The van der Waals surface area contributed by atoms with Crippen molar-refractivity contribution in [2.45, 2.75) is 91.5 Å². The third-order valence-electron chi connectivity index (χ3n) is 8.43. The molecule has 0 aliphatic carbocycles. The van der Waals surface area contributed by atoms with E-state index >= 15 is 0 Å². The Hall–Kier alpha value is -3.71. The van der Waals surface area contributed by atoms with Crippen molar-refractivity contribution in [2.75, 3.05) is 12.3 Å². The SMILES string of the molecule is CC1=NN(CCCS(=O)(=O)O)C(=CC=CC2=Nc3c(ccc[n+]3CCCCCC(=O)ON3C(=O)CCC3=O)C2(C)C)C1(C)C. The monoisotopic (exact) mass is 628 g/mol. The molecule has 1 fully saturated rings. The van der Waals surface area contributed by atoms with Crippen molar-refractivity contribution in [3.8, 4) is 0 Å². The number of carbonyl (C=O) groups is 3. The summed E-state index contributed by atoms with van der Waals surface area (Å²) in [5, 5.41) is 7.02. The largest absolute Gasteiger partial charge is 0.333 e. The van der Waals surface area contributed by atoms with Crippen LogP contribution in [0.3, 0.4) is 0 Å². The Bertz CT molecular complexity index is 1540. The van der Waals surface area contributed by atoms with Crippen molar-refractivity contribution < 1.29 is 36.8 Å². The third-order valence-corrected chi connectivity index (χ3v) is 9.24. The van der Waals surface area contributed by atoms with Crippen LogP contribution in [0.1, 0.15) is 85.1 Å². The second-order valence-electron chi connectivity index (χ2n) is 12.4. The van der Waals surface area contributed by atoms with Gasteiger partial charge in [0, 0.05) is 42.6 Å². The highest BCUT2D eigenvalue weighted by Crippen LogP contribution is 2.39. The second kappa shape index (κ2) is 13.1. The van der Waals surface area contributed by atoms with Crippen LogP contribution in [-0.2, 0) is 41.3 Å². The first-order valence-corrected chi connectivity index (χ1v) is 16.6. The van der Waals surface area contributed by atoms with Gasteiger partial charge in [0.25, 0.3) is 21.9 Å². The molecule has 1 saturated heterocycles. The molecule has 44 heavy (non-hydrogen) atoms. The highest BCUT2D eigenvalue weighted by molar-refractivity contribution is 7.85. The van der Waals surface area contributed by atoms with E-state index in [4.69, 9.17) is 14.4 Å². The number of hydrogen-bond donors (Lipinski definition) is 1. The molecule has 13 heteroatoms. The van der Waals surface area contributed by atoms with E-state index < -0.39 is 27.9 Å². The number of fused-ring (bicyclic) bond motifs is 1. The number of amides is 2. The number of carbonyl (C=O) groups excluding carboxylic acids is 3. The molecule has 0 unspecified atom stereocenters. The Kier molecular flexibility index (Phi) is 9.89. The Morgan fingerprint density at radius 2 is 1.80 bits per heavy atom. The number of aliphatic imine (C=N–C) groups is 1. The van der Waals surface area contributed by atoms with Crippen LogP contribution < -0.4 is 4.57 Å². The Labute approximate surface area is 258 Å².